The molecule has 1 aliphatic heterocycles. The fourth-order valence-corrected chi connectivity index (χ4v) is 1.82. The van der Waals surface area contributed by atoms with Crippen molar-refractivity contribution in [2.45, 2.75) is 18.9 Å². The van der Waals surface area contributed by atoms with E-state index in [9.17, 15) is 4.79 Å². The lowest BCUT2D eigenvalue weighted by atomic mass is 10.1. The Balaban J connectivity index is 2.03. The number of piperidine rings is 1. The first-order chi connectivity index (χ1) is 7.78. The number of nitrogens with zero attached hydrogens (tertiary/aromatic N) is 1. The van der Waals surface area contributed by atoms with Crippen molar-refractivity contribution in [1.29, 1.82) is 5.26 Å². The number of rotatable bonds is 2. The molecular formula is C12H13N3O. The second-order valence-corrected chi connectivity index (χ2v) is 3.88. The lowest BCUT2D eigenvalue weighted by Gasteiger charge is -2.24. The summed E-state index contributed by atoms with van der Waals surface area (Å²) in [7, 11) is 0. The molecule has 82 valence electrons. The van der Waals surface area contributed by atoms with Crippen LogP contribution in [-0.2, 0) is 4.79 Å². The van der Waals surface area contributed by atoms with E-state index in [1.807, 2.05) is 12.1 Å². The maximum absolute atomic E-state index is 11.2. The molecule has 2 N–H and O–H groups in total. The number of carbonyl (C=O) groups is 1. The summed E-state index contributed by atoms with van der Waals surface area (Å²) < 4.78 is 0. The highest BCUT2D eigenvalue weighted by Crippen LogP contribution is 2.15. The van der Waals surface area contributed by atoms with Crippen LogP contribution < -0.4 is 10.6 Å². The molecule has 1 aromatic carbocycles. The van der Waals surface area contributed by atoms with Gasteiger partial charge in [-0.3, -0.25) is 4.79 Å². The highest BCUT2D eigenvalue weighted by atomic mass is 16.1. The van der Waals surface area contributed by atoms with Gasteiger partial charge in [0, 0.05) is 24.7 Å². The maximum atomic E-state index is 11.2. The Labute approximate surface area is 94.3 Å². The summed E-state index contributed by atoms with van der Waals surface area (Å²) in [6.07, 6.45) is 1.42. The molecule has 1 heterocycles. The lowest BCUT2D eigenvalue weighted by Crippen LogP contribution is -2.39. The van der Waals surface area contributed by atoms with E-state index in [-0.39, 0.29) is 11.9 Å². The first-order valence-corrected chi connectivity index (χ1v) is 5.31. The molecule has 1 amide bonds. The van der Waals surface area contributed by atoms with Crippen LogP contribution in [0.15, 0.2) is 24.3 Å². The van der Waals surface area contributed by atoms with Crippen LogP contribution in [0.3, 0.4) is 0 Å². The quantitative estimate of drug-likeness (QED) is 0.780. The van der Waals surface area contributed by atoms with Gasteiger partial charge in [-0.2, -0.15) is 5.26 Å². The van der Waals surface area contributed by atoms with E-state index in [0.29, 0.717) is 18.5 Å². The van der Waals surface area contributed by atoms with Crippen LogP contribution in [0.5, 0.6) is 0 Å². The zero-order valence-electron chi connectivity index (χ0n) is 8.86. The summed E-state index contributed by atoms with van der Waals surface area (Å²) >= 11 is 0. The van der Waals surface area contributed by atoms with Crippen LogP contribution in [0.1, 0.15) is 18.4 Å². The third-order valence-electron chi connectivity index (χ3n) is 2.61. The van der Waals surface area contributed by atoms with Crippen molar-refractivity contribution in [3.05, 3.63) is 29.8 Å². The first kappa shape index (κ1) is 10.5. The topological polar surface area (TPSA) is 64.9 Å². The van der Waals surface area contributed by atoms with Gasteiger partial charge in [0.05, 0.1) is 11.6 Å². The van der Waals surface area contributed by atoms with Crippen LogP contribution in [0.25, 0.3) is 0 Å². The largest absolute Gasteiger partial charge is 0.382 e. The average molecular weight is 215 g/mol. The van der Waals surface area contributed by atoms with Crippen molar-refractivity contribution in [3.63, 3.8) is 0 Å². The van der Waals surface area contributed by atoms with Gasteiger partial charge in [0.1, 0.15) is 0 Å². The maximum Gasteiger partial charge on any atom is 0.222 e. The van der Waals surface area contributed by atoms with E-state index >= 15 is 0 Å². The molecule has 0 aliphatic carbocycles. The van der Waals surface area contributed by atoms with Gasteiger partial charge in [-0.05, 0) is 24.6 Å². The predicted molar refractivity (Wildman–Crippen MR) is 60.8 cm³/mol. The van der Waals surface area contributed by atoms with Crippen molar-refractivity contribution in [1.82, 2.24) is 5.32 Å². The molecule has 4 nitrogen and oxygen atoms in total. The van der Waals surface area contributed by atoms with Gasteiger partial charge in [-0.15, -0.1) is 0 Å². The van der Waals surface area contributed by atoms with Crippen LogP contribution in [0, 0.1) is 11.3 Å². The molecule has 0 aromatic heterocycles. The number of hydrogen-bond donors (Lipinski definition) is 2. The first-order valence-electron chi connectivity index (χ1n) is 5.31. The van der Waals surface area contributed by atoms with Gasteiger partial charge < -0.3 is 10.6 Å². The Hall–Kier alpha value is -2.02. The van der Waals surface area contributed by atoms with Crippen LogP contribution in [-0.4, -0.2) is 18.5 Å². The summed E-state index contributed by atoms with van der Waals surface area (Å²) in [6.45, 7) is 0.717. The van der Waals surface area contributed by atoms with E-state index in [4.69, 9.17) is 5.26 Å². The molecule has 1 unspecified atom stereocenters. The van der Waals surface area contributed by atoms with Crippen LogP contribution >= 0.6 is 0 Å². The van der Waals surface area contributed by atoms with Gasteiger partial charge in [0.2, 0.25) is 5.91 Å². The van der Waals surface area contributed by atoms with Gasteiger partial charge in [-0.1, -0.05) is 6.07 Å². The number of nitriles is 1. The molecule has 1 atom stereocenters. The zero-order chi connectivity index (χ0) is 11.4. The van der Waals surface area contributed by atoms with Gasteiger partial charge in [-0.25, -0.2) is 0 Å². The summed E-state index contributed by atoms with van der Waals surface area (Å²) in [5.74, 6) is 0.0835. The van der Waals surface area contributed by atoms with E-state index in [0.717, 1.165) is 12.1 Å². The monoisotopic (exact) mass is 215 g/mol. The average Bonchev–Trinajstić information content (AvgIpc) is 2.29. The van der Waals surface area contributed by atoms with E-state index in [1.165, 1.54) is 0 Å². The second-order valence-electron chi connectivity index (χ2n) is 3.88. The highest BCUT2D eigenvalue weighted by molar-refractivity contribution is 5.77. The Kier molecular flexibility index (Phi) is 3.06. The lowest BCUT2D eigenvalue weighted by molar-refractivity contribution is -0.122. The number of hydrogen-bond acceptors (Lipinski definition) is 3. The standard InChI is InChI=1S/C12H13N3O/c13-8-9-2-1-3-10(6-9)15-11-4-5-14-12(16)7-11/h1-3,6,11,15H,4-5,7H2,(H,14,16). The van der Waals surface area contributed by atoms with Crippen LogP contribution in [0.4, 0.5) is 5.69 Å². The molecular weight excluding hydrogens is 202 g/mol. The molecule has 1 saturated heterocycles. The number of carbonyl (C=O) groups excluding carboxylic acids is 1. The molecule has 0 radical (unpaired) electrons. The highest BCUT2D eigenvalue weighted by Gasteiger charge is 2.18. The van der Waals surface area contributed by atoms with Crippen molar-refractivity contribution >= 4 is 11.6 Å². The van der Waals surface area contributed by atoms with Crippen molar-refractivity contribution < 1.29 is 4.79 Å². The normalized spacial score (nSPS) is 19.7. The van der Waals surface area contributed by atoms with Gasteiger partial charge in [0.15, 0.2) is 0 Å². The van der Waals surface area contributed by atoms with Crippen LogP contribution in [0.2, 0.25) is 0 Å². The Morgan fingerprint density at radius 2 is 2.38 bits per heavy atom. The number of benzene rings is 1. The van der Waals surface area contributed by atoms with E-state index < -0.39 is 0 Å². The molecule has 1 aliphatic rings. The molecule has 1 fully saturated rings. The Morgan fingerprint density at radius 1 is 1.50 bits per heavy atom. The fraction of sp³-hybridized carbons (Fsp3) is 0.333. The van der Waals surface area contributed by atoms with Gasteiger partial charge in [0.25, 0.3) is 0 Å². The molecule has 1 aromatic rings. The predicted octanol–water partition coefficient (Wildman–Crippen LogP) is 1.25. The molecule has 0 bridgehead atoms. The summed E-state index contributed by atoms with van der Waals surface area (Å²) in [5, 5.41) is 14.8. The minimum absolute atomic E-state index is 0.0835. The third-order valence-corrected chi connectivity index (χ3v) is 2.61. The fourth-order valence-electron chi connectivity index (χ4n) is 1.82. The summed E-state index contributed by atoms with van der Waals surface area (Å²) in [6, 6.07) is 9.57. The number of nitrogens with one attached hydrogen (secondary N) is 2. The van der Waals surface area contributed by atoms with Crippen molar-refractivity contribution in [2.75, 3.05) is 11.9 Å². The second kappa shape index (κ2) is 4.67. The molecule has 16 heavy (non-hydrogen) atoms. The smallest absolute Gasteiger partial charge is 0.222 e. The Morgan fingerprint density at radius 3 is 3.12 bits per heavy atom. The zero-order valence-corrected chi connectivity index (χ0v) is 8.86. The summed E-state index contributed by atoms with van der Waals surface area (Å²) in [5.41, 5.74) is 1.53. The number of anilines is 1. The number of amides is 1. The van der Waals surface area contributed by atoms with Crippen molar-refractivity contribution in [2.24, 2.45) is 0 Å². The summed E-state index contributed by atoms with van der Waals surface area (Å²) in [4.78, 5) is 11.2. The molecule has 2 rings (SSSR count). The minimum atomic E-state index is 0.0835. The van der Waals surface area contributed by atoms with Gasteiger partial charge >= 0.3 is 0 Å². The van der Waals surface area contributed by atoms with E-state index in [1.54, 1.807) is 12.1 Å². The van der Waals surface area contributed by atoms with Crippen molar-refractivity contribution in [3.8, 4) is 6.07 Å². The third kappa shape index (κ3) is 2.51. The minimum Gasteiger partial charge on any atom is -0.382 e. The molecule has 0 saturated carbocycles. The Bertz CT molecular complexity index is 436. The van der Waals surface area contributed by atoms with E-state index in [2.05, 4.69) is 16.7 Å². The SMILES string of the molecule is N#Cc1cccc(NC2CCNC(=O)C2)c1. The molecule has 0 spiro atoms. The molecule has 4 heteroatoms.